The summed E-state index contributed by atoms with van der Waals surface area (Å²) in [6, 6.07) is 10.3. The zero-order valence-corrected chi connectivity index (χ0v) is 17.8. The summed E-state index contributed by atoms with van der Waals surface area (Å²) < 4.78 is 36.0. The first-order valence-corrected chi connectivity index (χ1v) is 10.4. The minimum atomic E-state index is -0.554. The third kappa shape index (κ3) is 5.17. The van der Waals surface area contributed by atoms with Crippen LogP contribution in [0.1, 0.15) is 39.5 Å². The van der Waals surface area contributed by atoms with Crippen LogP contribution in [0.4, 0.5) is 0 Å². The van der Waals surface area contributed by atoms with Gasteiger partial charge in [-0.2, -0.15) is 0 Å². The topological polar surface area (TPSA) is 58.6 Å². The quantitative estimate of drug-likeness (QED) is 0.761. The Morgan fingerprint density at radius 2 is 1.07 bits per heavy atom. The molecule has 0 atom stereocenters. The van der Waals surface area contributed by atoms with E-state index in [-0.39, 0.29) is 24.4 Å². The predicted molar refractivity (Wildman–Crippen MR) is 106 cm³/mol. The molecule has 162 valence electrons. The number of ether oxygens (including phenoxy) is 6. The van der Waals surface area contributed by atoms with Gasteiger partial charge in [0.05, 0.1) is 57.8 Å². The lowest BCUT2D eigenvalue weighted by Gasteiger charge is -2.50. The molecule has 0 unspecified atom stereocenters. The van der Waals surface area contributed by atoms with Gasteiger partial charge in [-0.1, -0.05) is 30.3 Å². The van der Waals surface area contributed by atoms with Crippen LogP contribution in [0.25, 0.3) is 0 Å². The van der Waals surface area contributed by atoms with Crippen molar-refractivity contribution in [2.45, 2.75) is 63.7 Å². The van der Waals surface area contributed by atoms with Gasteiger partial charge in [0.2, 0.25) is 0 Å². The van der Waals surface area contributed by atoms with E-state index >= 15 is 0 Å². The number of nitrogens with zero attached hydrogens (tertiary/aromatic N) is 1. The highest BCUT2D eigenvalue weighted by Gasteiger charge is 2.42. The molecule has 0 aromatic heterocycles. The van der Waals surface area contributed by atoms with Gasteiger partial charge >= 0.3 is 0 Å². The third-order valence-corrected chi connectivity index (χ3v) is 5.71. The van der Waals surface area contributed by atoms with Crippen LogP contribution in [-0.2, 0) is 28.4 Å². The van der Waals surface area contributed by atoms with Crippen LogP contribution in [0, 0.1) is 0 Å². The van der Waals surface area contributed by atoms with E-state index in [4.69, 9.17) is 28.4 Å². The molecule has 3 fully saturated rings. The zero-order chi connectivity index (χ0) is 20.5. The normalized spacial score (nSPS) is 31.1. The van der Waals surface area contributed by atoms with Crippen LogP contribution in [-0.4, -0.2) is 74.2 Å². The first kappa shape index (κ1) is 21.2. The van der Waals surface area contributed by atoms with Gasteiger partial charge in [-0.25, -0.2) is 0 Å². The van der Waals surface area contributed by atoms with Crippen LogP contribution in [0.5, 0.6) is 0 Å². The molecule has 0 aliphatic carbocycles. The van der Waals surface area contributed by atoms with E-state index < -0.39 is 11.6 Å². The summed E-state index contributed by atoms with van der Waals surface area (Å²) in [6.07, 6.45) is -0.329. The van der Waals surface area contributed by atoms with Crippen LogP contribution < -0.4 is 0 Å². The maximum atomic E-state index is 6.09. The van der Waals surface area contributed by atoms with E-state index in [0.29, 0.717) is 39.6 Å². The van der Waals surface area contributed by atoms with Crippen LogP contribution in [0.2, 0.25) is 0 Å². The molecule has 1 aromatic carbocycles. The molecule has 3 aliphatic rings. The summed E-state index contributed by atoms with van der Waals surface area (Å²) in [4.78, 5) is 2.37. The van der Waals surface area contributed by atoms with Crippen LogP contribution >= 0.6 is 0 Å². The van der Waals surface area contributed by atoms with Gasteiger partial charge in [0.25, 0.3) is 0 Å². The second-order valence-electron chi connectivity index (χ2n) is 8.86. The second kappa shape index (κ2) is 8.59. The highest BCUT2D eigenvalue weighted by Crippen LogP contribution is 2.30. The van der Waals surface area contributed by atoms with Crippen molar-refractivity contribution in [3.05, 3.63) is 35.9 Å². The van der Waals surface area contributed by atoms with Crippen molar-refractivity contribution in [1.82, 2.24) is 4.90 Å². The van der Waals surface area contributed by atoms with Gasteiger partial charge in [0, 0.05) is 5.56 Å². The smallest absolute Gasteiger partial charge is 0.183 e. The first-order chi connectivity index (χ1) is 13.8. The summed E-state index contributed by atoms with van der Waals surface area (Å²) in [7, 11) is 0. The van der Waals surface area contributed by atoms with Crippen LogP contribution in [0.15, 0.2) is 30.3 Å². The summed E-state index contributed by atoms with van der Waals surface area (Å²) in [6.45, 7) is 11.3. The molecule has 0 saturated carbocycles. The Morgan fingerprint density at radius 1 is 0.655 bits per heavy atom. The maximum absolute atomic E-state index is 6.09. The van der Waals surface area contributed by atoms with Crippen molar-refractivity contribution in [1.29, 1.82) is 0 Å². The number of rotatable bonds is 4. The van der Waals surface area contributed by atoms with E-state index in [1.165, 1.54) is 0 Å². The Bertz CT molecular complexity index is 611. The molecule has 1 aromatic rings. The van der Waals surface area contributed by atoms with Crippen molar-refractivity contribution in [3.63, 3.8) is 0 Å². The van der Waals surface area contributed by atoms with E-state index in [2.05, 4.69) is 4.90 Å². The monoisotopic (exact) mass is 407 g/mol. The lowest BCUT2D eigenvalue weighted by atomic mass is 10.1. The molecule has 0 N–H and O–H groups in total. The van der Waals surface area contributed by atoms with Crippen molar-refractivity contribution in [3.8, 4) is 0 Å². The molecule has 0 radical (unpaired) electrons. The molecule has 3 heterocycles. The number of hydrogen-bond acceptors (Lipinski definition) is 7. The van der Waals surface area contributed by atoms with Crippen LogP contribution in [0.3, 0.4) is 0 Å². The van der Waals surface area contributed by atoms with Gasteiger partial charge in [-0.15, -0.1) is 0 Å². The SMILES string of the molecule is CC1(C)OCC(N(C2COC(c3ccccc3)OC2)C2COC(C)(C)OC2)CO1. The molecule has 4 rings (SSSR count). The molecule has 29 heavy (non-hydrogen) atoms. The molecule has 7 heteroatoms. The molecular formula is C22H33NO6. The Hall–Kier alpha value is -1.06. The van der Waals surface area contributed by atoms with Crippen molar-refractivity contribution in [2.24, 2.45) is 0 Å². The minimum absolute atomic E-state index is 0.0757. The molecule has 0 amide bonds. The fourth-order valence-electron chi connectivity index (χ4n) is 4.07. The standard InChI is InChI=1S/C22H33NO6/c1-21(2)26-12-18(13-27-21)23(19-14-28-22(3,4)29-15-19)17-10-24-20(25-11-17)16-8-6-5-7-9-16/h5-9,17-20H,10-15H2,1-4H3. The lowest BCUT2D eigenvalue weighted by Crippen LogP contribution is -2.64. The Morgan fingerprint density at radius 3 is 1.52 bits per heavy atom. The molecule has 3 aliphatic heterocycles. The fourth-order valence-corrected chi connectivity index (χ4v) is 4.07. The molecule has 3 saturated heterocycles. The summed E-state index contributed by atoms with van der Waals surface area (Å²) in [5.41, 5.74) is 1.04. The number of benzene rings is 1. The average Bonchev–Trinajstić information content (AvgIpc) is 2.72. The molecule has 7 nitrogen and oxygen atoms in total. The van der Waals surface area contributed by atoms with Gasteiger partial charge < -0.3 is 28.4 Å². The predicted octanol–water partition coefficient (Wildman–Crippen LogP) is 2.71. The second-order valence-corrected chi connectivity index (χ2v) is 8.86. The molecular weight excluding hydrogens is 374 g/mol. The van der Waals surface area contributed by atoms with Crippen molar-refractivity contribution in [2.75, 3.05) is 39.6 Å². The van der Waals surface area contributed by atoms with Crippen molar-refractivity contribution >= 4 is 0 Å². The van der Waals surface area contributed by atoms with E-state index in [9.17, 15) is 0 Å². The molecule has 0 spiro atoms. The Labute approximate surface area is 173 Å². The fraction of sp³-hybridized carbons (Fsp3) is 0.727. The van der Waals surface area contributed by atoms with E-state index in [1.807, 2.05) is 58.0 Å². The summed E-state index contributed by atoms with van der Waals surface area (Å²) in [5.74, 6) is -1.11. The maximum Gasteiger partial charge on any atom is 0.183 e. The highest BCUT2D eigenvalue weighted by atomic mass is 16.7. The Kier molecular flexibility index (Phi) is 6.27. The zero-order valence-electron chi connectivity index (χ0n) is 17.8. The van der Waals surface area contributed by atoms with Crippen molar-refractivity contribution < 1.29 is 28.4 Å². The first-order valence-electron chi connectivity index (χ1n) is 10.4. The van der Waals surface area contributed by atoms with Gasteiger partial charge in [0.15, 0.2) is 17.9 Å². The largest absolute Gasteiger partial charge is 0.349 e. The third-order valence-electron chi connectivity index (χ3n) is 5.71. The van der Waals surface area contributed by atoms with Gasteiger partial charge in [0.1, 0.15) is 0 Å². The van der Waals surface area contributed by atoms with E-state index in [0.717, 1.165) is 5.56 Å². The van der Waals surface area contributed by atoms with Gasteiger partial charge in [-0.3, -0.25) is 4.90 Å². The van der Waals surface area contributed by atoms with Gasteiger partial charge in [-0.05, 0) is 27.7 Å². The molecule has 0 bridgehead atoms. The lowest BCUT2D eigenvalue weighted by molar-refractivity contribution is -0.301. The summed E-state index contributed by atoms with van der Waals surface area (Å²) in [5, 5.41) is 0. The highest BCUT2D eigenvalue weighted by molar-refractivity contribution is 5.16. The Balaban J connectivity index is 1.44. The summed E-state index contributed by atoms with van der Waals surface area (Å²) >= 11 is 0. The minimum Gasteiger partial charge on any atom is -0.349 e. The average molecular weight is 408 g/mol. The number of hydrogen-bond donors (Lipinski definition) is 0. The van der Waals surface area contributed by atoms with E-state index in [1.54, 1.807) is 0 Å².